The van der Waals surface area contributed by atoms with E-state index in [4.69, 9.17) is 9.15 Å². The van der Waals surface area contributed by atoms with E-state index in [2.05, 4.69) is 15.1 Å². The molecule has 11 heteroatoms. The Kier molecular flexibility index (Phi) is 8.82. The molecule has 0 saturated carbocycles. The van der Waals surface area contributed by atoms with Gasteiger partial charge in [-0.25, -0.2) is 0 Å². The van der Waals surface area contributed by atoms with E-state index in [0.717, 1.165) is 53.9 Å². The van der Waals surface area contributed by atoms with Gasteiger partial charge in [0.05, 0.1) is 30.6 Å². The van der Waals surface area contributed by atoms with E-state index >= 15 is 0 Å². The van der Waals surface area contributed by atoms with Crippen LogP contribution in [-0.2, 0) is 4.74 Å². The molecule has 40 heavy (non-hydrogen) atoms. The summed E-state index contributed by atoms with van der Waals surface area (Å²) in [6.45, 7) is 2.76. The summed E-state index contributed by atoms with van der Waals surface area (Å²) in [7, 11) is 0. The minimum Gasteiger partial charge on any atom is -0.455 e. The van der Waals surface area contributed by atoms with Crippen LogP contribution < -0.4 is 0 Å². The fourth-order valence-corrected chi connectivity index (χ4v) is 5.17. The average molecular weight is 565 g/mol. The van der Waals surface area contributed by atoms with Crippen LogP contribution in [0.2, 0.25) is 0 Å². The number of rotatable bonds is 9. The summed E-state index contributed by atoms with van der Waals surface area (Å²) in [5.41, 5.74) is 4.82. The molecule has 1 aromatic heterocycles. The summed E-state index contributed by atoms with van der Waals surface area (Å²) in [6, 6.07) is 16.9. The molecule has 1 saturated heterocycles. The van der Waals surface area contributed by atoms with E-state index < -0.39 is 5.76 Å². The quantitative estimate of drug-likeness (QED) is 0.120. The Morgan fingerprint density at radius 3 is 2.52 bits per heavy atom. The Bertz CT molecular complexity index is 1480. The van der Waals surface area contributed by atoms with E-state index in [-0.39, 0.29) is 10.6 Å². The fraction of sp³-hybridized carbons (Fsp3) is 0.241. The van der Waals surface area contributed by atoms with Crippen molar-refractivity contribution in [3.63, 3.8) is 0 Å². The number of allylic oxidation sites excluding steroid dienone is 2. The maximum absolute atomic E-state index is 12.5. The highest BCUT2D eigenvalue weighted by molar-refractivity contribution is 7.99. The number of benzene rings is 2. The zero-order chi connectivity index (χ0) is 27.9. The predicted octanol–water partition coefficient (Wildman–Crippen LogP) is 7.04. The third-order valence-electron chi connectivity index (χ3n) is 6.48. The topological polar surface area (TPSA) is 93.5 Å². The van der Waals surface area contributed by atoms with Gasteiger partial charge < -0.3 is 14.1 Å². The van der Waals surface area contributed by atoms with Crippen LogP contribution in [0.1, 0.15) is 24.2 Å². The first kappa shape index (κ1) is 27.5. The van der Waals surface area contributed by atoms with Gasteiger partial charge in [0, 0.05) is 41.4 Å². The number of nitrogens with zero attached hydrogens (tertiary/aromatic N) is 4. The fourth-order valence-electron chi connectivity index (χ4n) is 4.67. The molecule has 1 aliphatic heterocycles. The average Bonchev–Trinajstić information content (AvgIpc) is 3.59. The Balaban J connectivity index is 1.32. The molecule has 2 aliphatic rings. The molecular formula is C29H26F2N4O4S. The van der Waals surface area contributed by atoms with Gasteiger partial charge in [-0.2, -0.15) is 19.0 Å². The van der Waals surface area contributed by atoms with Crippen molar-refractivity contribution >= 4 is 36.0 Å². The standard InChI is InChI=1S/C29H26F2N4O4S/c30-29(31)40-26-9-6-21(7-10-26)27-11-8-25(39-27)19-33-32-18-23-5-4-22(28(23)34-12-14-38-15-13-34)16-20-2-1-3-24(17-20)35(36)37/h1-3,6-11,16-19,29H,4-5,12-15H2/b22-16-,32-18?,33-19+. The molecule has 1 aliphatic carbocycles. The van der Waals surface area contributed by atoms with Gasteiger partial charge in [0.2, 0.25) is 0 Å². The zero-order valence-corrected chi connectivity index (χ0v) is 22.2. The summed E-state index contributed by atoms with van der Waals surface area (Å²) >= 11 is 0.501. The molecule has 0 N–H and O–H groups in total. The van der Waals surface area contributed by atoms with Crippen molar-refractivity contribution in [3.05, 3.63) is 98.9 Å². The number of nitro groups is 1. The summed E-state index contributed by atoms with van der Waals surface area (Å²) < 4.78 is 36.4. The molecule has 0 amide bonds. The van der Waals surface area contributed by atoms with Crippen LogP contribution in [0.25, 0.3) is 17.4 Å². The third-order valence-corrected chi connectivity index (χ3v) is 7.20. The Morgan fingerprint density at radius 1 is 1.00 bits per heavy atom. The van der Waals surface area contributed by atoms with E-state index in [0.29, 0.717) is 41.4 Å². The number of thioether (sulfide) groups is 1. The van der Waals surface area contributed by atoms with Gasteiger partial charge in [-0.3, -0.25) is 10.1 Å². The number of morpholine rings is 1. The monoisotopic (exact) mass is 564 g/mol. The number of ether oxygens (including phenoxy) is 1. The highest BCUT2D eigenvalue weighted by Crippen LogP contribution is 2.35. The second-order valence-corrected chi connectivity index (χ2v) is 10.2. The summed E-state index contributed by atoms with van der Waals surface area (Å²) in [5, 5.41) is 19.7. The number of hydrogen-bond acceptors (Lipinski definition) is 8. The van der Waals surface area contributed by atoms with E-state index in [1.165, 1.54) is 12.3 Å². The maximum Gasteiger partial charge on any atom is 0.288 e. The predicted molar refractivity (Wildman–Crippen MR) is 152 cm³/mol. The molecule has 206 valence electrons. The van der Waals surface area contributed by atoms with Gasteiger partial charge in [-0.15, -0.1) is 0 Å². The van der Waals surface area contributed by atoms with Gasteiger partial charge in [-0.1, -0.05) is 36.0 Å². The molecule has 5 rings (SSSR count). The lowest BCUT2D eigenvalue weighted by Crippen LogP contribution is -2.36. The maximum atomic E-state index is 12.5. The molecule has 1 fully saturated rings. The first-order valence-electron chi connectivity index (χ1n) is 12.7. The summed E-state index contributed by atoms with van der Waals surface area (Å²) in [4.78, 5) is 13.6. The highest BCUT2D eigenvalue weighted by atomic mass is 32.2. The minimum atomic E-state index is -2.46. The molecule has 0 spiro atoms. The van der Waals surface area contributed by atoms with Gasteiger partial charge in [0.25, 0.3) is 11.4 Å². The van der Waals surface area contributed by atoms with Gasteiger partial charge in [0.1, 0.15) is 11.5 Å². The normalized spacial score (nSPS) is 17.3. The number of hydrogen-bond donors (Lipinski definition) is 0. The molecule has 2 aromatic carbocycles. The zero-order valence-electron chi connectivity index (χ0n) is 21.4. The van der Waals surface area contributed by atoms with Crippen LogP contribution >= 0.6 is 11.8 Å². The highest BCUT2D eigenvalue weighted by Gasteiger charge is 2.25. The van der Waals surface area contributed by atoms with E-state index in [1.807, 2.05) is 12.1 Å². The molecule has 0 atom stereocenters. The molecule has 8 nitrogen and oxygen atoms in total. The lowest BCUT2D eigenvalue weighted by molar-refractivity contribution is -0.384. The van der Waals surface area contributed by atoms with Gasteiger partial charge >= 0.3 is 0 Å². The number of halogens is 2. The number of alkyl halides is 2. The Labute approximate surface area is 233 Å². The van der Waals surface area contributed by atoms with Crippen LogP contribution in [0.4, 0.5) is 14.5 Å². The van der Waals surface area contributed by atoms with Crippen molar-refractivity contribution < 1.29 is 22.9 Å². The van der Waals surface area contributed by atoms with Crippen LogP contribution in [-0.4, -0.2) is 54.3 Å². The number of furan rings is 1. The number of nitro benzene ring substituents is 1. The van der Waals surface area contributed by atoms with E-state index in [9.17, 15) is 18.9 Å². The summed E-state index contributed by atoms with van der Waals surface area (Å²) in [6.07, 6.45) is 6.84. The van der Waals surface area contributed by atoms with E-state index in [1.54, 1.807) is 54.7 Å². The molecule has 0 bridgehead atoms. The molecule has 3 aromatic rings. The van der Waals surface area contributed by atoms with Gasteiger partial charge in [-0.05, 0) is 59.9 Å². The third kappa shape index (κ3) is 6.91. The van der Waals surface area contributed by atoms with Crippen molar-refractivity contribution in [1.82, 2.24) is 4.90 Å². The number of non-ortho nitro benzene ring substituents is 1. The second-order valence-electron chi connectivity index (χ2n) is 9.09. The van der Waals surface area contributed by atoms with Crippen molar-refractivity contribution in [1.29, 1.82) is 0 Å². The largest absolute Gasteiger partial charge is 0.455 e. The molecule has 2 heterocycles. The van der Waals surface area contributed by atoms with Crippen LogP contribution in [0.3, 0.4) is 0 Å². The minimum absolute atomic E-state index is 0.0595. The van der Waals surface area contributed by atoms with Crippen molar-refractivity contribution in [2.75, 3.05) is 26.3 Å². The molecule has 0 radical (unpaired) electrons. The first-order chi connectivity index (χ1) is 19.5. The van der Waals surface area contributed by atoms with Crippen LogP contribution in [0.15, 0.2) is 97.0 Å². The van der Waals surface area contributed by atoms with Crippen molar-refractivity contribution in [3.8, 4) is 11.3 Å². The van der Waals surface area contributed by atoms with Gasteiger partial charge in [0.15, 0.2) is 0 Å². The smallest absolute Gasteiger partial charge is 0.288 e. The molecular weight excluding hydrogens is 538 g/mol. The van der Waals surface area contributed by atoms with Crippen molar-refractivity contribution in [2.24, 2.45) is 10.2 Å². The summed E-state index contributed by atoms with van der Waals surface area (Å²) in [5.74, 6) is -1.35. The lowest BCUT2D eigenvalue weighted by Gasteiger charge is -2.31. The SMILES string of the molecule is O=[N+]([O-])c1cccc(/C=C2/CCC(C=N/N=C/c3ccc(-c4ccc(SC(F)F)cc4)o3)=C2N2CCOCC2)c1. The van der Waals surface area contributed by atoms with Crippen LogP contribution in [0.5, 0.6) is 0 Å². The van der Waals surface area contributed by atoms with Crippen LogP contribution in [0, 0.1) is 10.1 Å². The van der Waals surface area contributed by atoms with Crippen molar-refractivity contribution in [2.45, 2.75) is 23.5 Å². The Hall–Kier alpha value is -4.09. The Morgan fingerprint density at radius 2 is 1.77 bits per heavy atom. The first-order valence-corrected chi connectivity index (χ1v) is 13.6. The second kappa shape index (κ2) is 12.8. The lowest BCUT2D eigenvalue weighted by atomic mass is 10.1. The molecule has 0 unspecified atom stereocenters.